The number of aromatic nitrogens is 2. The van der Waals surface area contributed by atoms with Crippen LogP contribution in [0.25, 0.3) is 0 Å². The fourth-order valence-corrected chi connectivity index (χ4v) is 3.61. The van der Waals surface area contributed by atoms with Gasteiger partial charge in [0.05, 0.1) is 24.1 Å². The van der Waals surface area contributed by atoms with Gasteiger partial charge in [0.25, 0.3) is 5.91 Å². The van der Waals surface area contributed by atoms with Gasteiger partial charge in [-0.2, -0.15) is 0 Å². The fraction of sp³-hybridized carbons (Fsp3) is 0.316. The number of benzene rings is 1. The summed E-state index contributed by atoms with van der Waals surface area (Å²) >= 11 is 0. The van der Waals surface area contributed by atoms with E-state index in [0.29, 0.717) is 37.8 Å². The number of anilines is 2. The molecule has 9 nitrogen and oxygen atoms in total. The topological polar surface area (TPSA) is 110 Å². The number of aromatic carboxylic acids is 1. The summed E-state index contributed by atoms with van der Waals surface area (Å²) in [6.45, 7) is 2.59. The monoisotopic (exact) mass is 380 g/mol. The number of carbonyl (C=O) groups is 3. The summed E-state index contributed by atoms with van der Waals surface area (Å²) in [6.07, 6.45) is 3.50. The van der Waals surface area contributed by atoms with E-state index in [9.17, 15) is 19.5 Å². The number of carbonyl (C=O) groups excluding carboxylic acids is 3. The van der Waals surface area contributed by atoms with Gasteiger partial charge < -0.3 is 14.8 Å². The minimum Gasteiger partial charge on any atom is -0.545 e. The van der Waals surface area contributed by atoms with Crippen LogP contribution < -0.4 is 14.9 Å². The largest absolute Gasteiger partial charge is 0.545 e. The summed E-state index contributed by atoms with van der Waals surface area (Å²) in [6, 6.07) is 6.82. The molecule has 0 N–H and O–H groups in total. The average Bonchev–Trinajstić information content (AvgIpc) is 3.03. The molecule has 2 saturated heterocycles. The summed E-state index contributed by atoms with van der Waals surface area (Å²) < 4.78 is 0. The predicted molar refractivity (Wildman–Crippen MR) is 97.5 cm³/mol. The highest BCUT2D eigenvalue weighted by molar-refractivity contribution is 6.22. The molecule has 0 bridgehead atoms. The Bertz CT molecular complexity index is 894. The Morgan fingerprint density at radius 1 is 1.00 bits per heavy atom. The minimum atomic E-state index is -1.30. The minimum absolute atomic E-state index is 0.00125. The van der Waals surface area contributed by atoms with E-state index in [0.717, 1.165) is 4.90 Å². The Balaban J connectivity index is 1.44. The zero-order valence-electron chi connectivity index (χ0n) is 15.0. The van der Waals surface area contributed by atoms with Crippen molar-refractivity contribution in [2.75, 3.05) is 36.0 Å². The van der Waals surface area contributed by atoms with Gasteiger partial charge in [-0.1, -0.05) is 12.1 Å². The van der Waals surface area contributed by atoms with Gasteiger partial charge in [-0.05, 0) is 23.8 Å². The second-order valence-corrected chi connectivity index (χ2v) is 6.69. The maximum Gasteiger partial charge on any atom is 0.251 e. The van der Waals surface area contributed by atoms with E-state index in [2.05, 4.69) is 9.97 Å². The second kappa shape index (κ2) is 7.35. The lowest BCUT2D eigenvalue weighted by Gasteiger charge is -2.36. The van der Waals surface area contributed by atoms with E-state index in [-0.39, 0.29) is 23.8 Å². The van der Waals surface area contributed by atoms with Crippen LogP contribution in [0.3, 0.4) is 0 Å². The first-order chi connectivity index (χ1) is 13.5. The van der Waals surface area contributed by atoms with Crippen molar-refractivity contribution >= 4 is 29.4 Å². The Kier molecular flexibility index (Phi) is 4.74. The number of carboxylic acid groups (broad SMARTS) is 1. The summed E-state index contributed by atoms with van der Waals surface area (Å²) in [7, 11) is 0. The molecular weight excluding hydrogens is 362 g/mol. The van der Waals surface area contributed by atoms with Gasteiger partial charge in [0.1, 0.15) is 0 Å². The van der Waals surface area contributed by atoms with Crippen molar-refractivity contribution in [1.82, 2.24) is 14.9 Å². The lowest BCUT2D eigenvalue weighted by atomic mass is 10.1. The Hall–Kier alpha value is -3.33. The molecule has 3 heterocycles. The highest BCUT2D eigenvalue weighted by Gasteiger charge is 2.43. The first-order valence-electron chi connectivity index (χ1n) is 8.99. The van der Waals surface area contributed by atoms with Crippen LogP contribution in [-0.4, -0.2) is 64.9 Å². The normalized spacial score (nSPS) is 20.6. The SMILES string of the molecule is O=C([O-])c1ccc(N2C(=O)CC(N3CCN(c4ncccn4)CC3)C2=O)cc1. The highest BCUT2D eigenvalue weighted by atomic mass is 16.4. The predicted octanol–water partition coefficient (Wildman–Crippen LogP) is -0.706. The van der Waals surface area contributed by atoms with Gasteiger partial charge in [-0.3, -0.25) is 14.5 Å². The molecule has 1 atom stereocenters. The van der Waals surface area contributed by atoms with Gasteiger partial charge in [0.15, 0.2) is 0 Å². The van der Waals surface area contributed by atoms with Crippen molar-refractivity contribution in [2.45, 2.75) is 12.5 Å². The molecule has 0 saturated carbocycles. The second-order valence-electron chi connectivity index (χ2n) is 6.69. The van der Waals surface area contributed by atoms with E-state index in [1.54, 1.807) is 18.5 Å². The number of hydrogen-bond acceptors (Lipinski definition) is 8. The zero-order valence-corrected chi connectivity index (χ0v) is 15.0. The molecule has 2 fully saturated rings. The van der Waals surface area contributed by atoms with Crippen LogP contribution in [0.2, 0.25) is 0 Å². The van der Waals surface area contributed by atoms with Crippen molar-refractivity contribution in [3.05, 3.63) is 48.3 Å². The van der Waals surface area contributed by atoms with Gasteiger partial charge in [-0.25, -0.2) is 14.9 Å². The number of carboxylic acids is 1. The molecule has 2 aliphatic heterocycles. The molecule has 2 amide bonds. The van der Waals surface area contributed by atoms with Crippen LogP contribution >= 0.6 is 0 Å². The van der Waals surface area contributed by atoms with Crippen LogP contribution in [0.15, 0.2) is 42.7 Å². The third-order valence-corrected chi connectivity index (χ3v) is 5.07. The number of imide groups is 1. The smallest absolute Gasteiger partial charge is 0.251 e. The molecule has 1 aromatic carbocycles. The van der Waals surface area contributed by atoms with Crippen molar-refractivity contribution in [3.8, 4) is 0 Å². The molecule has 0 radical (unpaired) electrons. The number of piperazine rings is 1. The summed E-state index contributed by atoms with van der Waals surface area (Å²) in [5.41, 5.74) is 0.373. The van der Waals surface area contributed by atoms with Crippen LogP contribution in [0.4, 0.5) is 11.6 Å². The zero-order chi connectivity index (χ0) is 19.7. The number of nitrogens with zero attached hydrogens (tertiary/aromatic N) is 5. The molecular formula is C19H18N5O4-. The third-order valence-electron chi connectivity index (χ3n) is 5.07. The molecule has 28 heavy (non-hydrogen) atoms. The van der Waals surface area contributed by atoms with Crippen molar-refractivity contribution < 1.29 is 19.5 Å². The van der Waals surface area contributed by atoms with Crippen LogP contribution in [-0.2, 0) is 9.59 Å². The fourth-order valence-electron chi connectivity index (χ4n) is 3.61. The molecule has 9 heteroatoms. The number of rotatable bonds is 4. The summed E-state index contributed by atoms with van der Waals surface area (Å²) in [4.78, 5) is 49.9. The maximum atomic E-state index is 12.9. The lowest BCUT2D eigenvalue weighted by Crippen LogP contribution is -2.53. The first kappa shape index (κ1) is 18.1. The van der Waals surface area contributed by atoms with Gasteiger partial charge >= 0.3 is 0 Å². The maximum absolute atomic E-state index is 12.9. The molecule has 0 aliphatic carbocycles. The molecule has 2 aliphatic rings. The highest BCUT2D eigenvalue weighted by Crippen LogP contribution is 2.27. The summed E-state index contributed by atoms with van der Waals surface area (Å²) in [5, 5.41) is 10.9. The number of amides is 2. The first-order valence-corrected chi connectivity index (χ1v) is 8.99. The van der Waals surface area contributed by atoms with E-state index in [1.165, 1.54) is 24.3 Å². The quantitative estimate of drug-likeness (QED) is 0.640. The molecule has 2 aromatic rings. The van der Waals surface area contributed by atoms with Gasteiger partial charge in [-0.15, -0.1) is 0 Å². The van der Waals surface area contributed by atoms with Crippen molar-refractivity contribution in [2.24, 2.45) is 0 Å². The van der Waals surface area contributed by atoms with Crippen LogP contribution in [0.5, 0.6) is 0 Å². The Labute approximate surface area is 161 Å². The number of hydrogen-bond donors (Lipinski definition) is 0. The van der Waals surface area contributed by atoms with E-state index < -0.39 is 12.0 Å². The summed E-state index contributed by atoms with van der Waals surface area (Å²) in [5.74, 6) is -1.21. The lowest BCUT2D eigenvalue weighted by molar-refractivity contribution is -0.255. The van der Waals surface area contributed by atoms with E-state index in [4.69, 9.17) is 0 Å². The molecule has 1 unspecified atom stereocenters. The van der Waals surface area contributed by atoms with Gasteiger partial charge in [0.2, 0.25) is 11.9 Å². The van der Waals surface area contributed by atoms with E-state index >= 15 is 0 Å². The molecule has 1 aromatic heterocycles. The molecule has 144 valence electrons. The molecule has 0 spiro atoms. The Morgan fingerprint density at radius 2 is 1.64 bits per heavy atom. The Morgan fingerprint density at radius 3 is 2.25 bits per heavy atom. The van der Waals surface area contributed by atoms with Crippen LogP contribution in [0.1, 0.15) is 16.8 Å². The van der Waals surface area contributed by atoms with E-state index in [1.807, 2.05) is 9.80 Å². The van der Waals surface area contributed by atoms with Gasteiger partial charge in [0, 0.05) is 38.6 Å². The van der Waals surface area contributed by atoms with Crippen LogP contribution in [0, 0.1) is 0 Å². The average molecular weight is 380 g/mol. The molecule has 4 rings (SSSR count). The van der Waals surface area contributed by atoms with Crippen molar-refractivity contribution in [1.29, 1.82) is 0 Å². The third kappa shape index (κ3) is 3.31. The standard InChI is InChI=1S/C19H19N5O4/c25-16-12-15(17(26)24(16)14-4-2-13(3-5-14)18(27)28)22-8-10-23(11-9-22)19-20-6-1-7-21-19/h1-7,15H,8-12H2,(H,27,28)/p-1. The van der Waals surface area contributed by atoms with Crippen molar-refractivity contribution in [3.63, 3.8) is 0 Å².